The first-order chi connectivity index (χ1) is 5.59. The number of halogens is 2. The van der Waals surface area contributed by atoms with E-state index in [0.29, 0.717) is 16.6 Å². The van der Waals surface area contributed by atoms with Crippen LogP contribution in [-0.4, -0.2) is 33.9 Å². The van der Waals surface area contributed by atoms with E-state index in [1.807, 2.05) is 0 Å². The molecule has 0 aromatic heterocycles. The summed E-state index contributed by atoms with van der Waals surface area (Å²) in [6.07, 6.45) is 0.540. The molecule has 1 heterocycles. The molecule has 0 spiro atoms. The molecule has 0 amide bonds. The van der Waals surface area contributed by atoms with Crippen LogP contribution in [0.3, 0.4) is 0 Å². The number of likely N-dealkylation sites (N-methyl/N-ethyl adjacent to an activating group) is 1. The number of hydrogen-bond acceptors (Lipinski definition) is 2. The van der Waals surface area contributed by atoms with Crippen molar-refractivity contribution in [2.45, 2.75) is 12.5 Å². The van der Waals surface area contributed by atoms with E-state index >= 15 is 0 Å². The van der Waals surface area contributed by atoms with Crippen LogP contribution in [0, 0.1) is 0 Å². The van der Waals surface area contributed by atoms with Crippen molar-refractivity contribution in [3.63, 3.8) is 0 Å². The Morgan fingerprint density at radius 1 is 1.67 bits per heavy atom. The number of nitrogens with zero attached hydrogens (tertiary/aromatic N) is 2. The third-order valence-electron chi connectivity index (χ3n) is 1.80. The number of hydrazine groups is 1. The molecule has 0 saturated carbocycles. The highest BCUT2D eigenvalue weighted by Crippen LogP contribution is 2.31. The third-order valence-corrected chi connectivity index (χ3v) is 3.23. The van der Waals surface area contributed by atoms with Crippen LogP contribution >= 0.6 is 23.2 Å². The Morgan fingerprint density at radius 2 is 2.25 bits per heavy atom. The minimum Gasteiger partial charge on any atom is -0.396 e. The fourth-order valence-electron chi connectivity index (χ4n) is 1.09. The summed E-state index contributed by atoms with van der Waals surface area (Å²) in [6.45, 7) is 0.0680. The Bertz CT molecular complexity index is 244. The second kappa shape index (κ2) is 3.87. The Morgan fingerprint density at radius 3 is 2.58 bits per heavy atom. The molecule has 6 heteroatoms. The standard InChI is InChI=1S/C6H9Cl2N2OS/c1-9-4(2-3-11)5(7)6(8)10(9)12/h4,11H,2-3H2,1H3/q+1. The van der Waals surface area contributed by atoms with E-state index in [1.165, 1.54) is 4.05 Å². The molecular formula is C6H9Cl2N2OS+. The van der Waals surface area contributed by atoms with Crippen LogP contribution in [0.15, 0.2) is 10.2 Å². The van der Waals surface area contributed by atoms with Crippen molar-refractivity contribution in [2.24, 2.45) is 0 Å². The molecule has 3 nitrogen and oxygen atoms in total. The highest BCUT2D eigenvalue weighted by atomic mass is 35.5. The summed E-state index contributed by atoms with van der Waals surface area (Å²) < 4.78 is 1.35. The van der Waals surface area contributed by atoms with E-state index in [4.69, 9.17) is 40.7 Å². The van der Waals surface area contributed by atoms with Crippen LogP contribution in [0.2, 0.25) is 0 Å². The predicted octanol–water partition coefficient (Wildman–Crippen LogP) is 0.987. The molecule has 0 radical (unpaired) electrons. The maximum atomic E-state index is 8.73. The predicted molar refractivity (Wildman–Crippen MR) is 49.6 cm³/mol. The van der Waals surface area contributed by atoms with Gasteiger partial charge in [0.1, 0.15) is 11.1 Å². The number of aliphatic hydroxyl groups is 1. The number of hydrogen-bond donors (Lipinski definition) is 1. The third kappa shape index (κ3) is 1.57. The summed E-state index contributed by atoms with van der Waals surface area (Å²) in [6, 6.07) is -0.0818. The van der Waals surface area contributed by atoms with Crippen molar-refractivity contribution < 1.29 is 9.16 Å². The normalized spacial score (nSPS) is 24.2. The fourth-order valence-corrected chi connectivity index (χ4v) is 1.93. The maximum absolute atomic E-state index is 8.73. The lowest BCUT2D eigenvalue weighted by molar-refractivity contribution is -0.606. The van der Waals surface area contributed by atoms with Crippen molar-refractivity contribution in [1.82, 2.24) is 5.01 Å². The molecule has 12 heavy (non-hydrogen) atoms. The molecule has 1 aliphatic heterocycles. The first-order valence-corrected chi connectivity index (χ1v) is 4.57. The molecule has 0 aromatic rings. The molecule has 1 atom stereocenters. The smallest absolute Gasteiger partial charge is 0.336 e. The molecule has 68 valence electrons. The van der Waals surface area contributed by atoms with E-state index in [0.717, 1.165) is 0 Å². The SMILES string of the molecule is CN1C(CCO)C(Cl)=C(Cl)[N+]1=S. The first kappa shape index (κ1) is 10.2. The van der Waals surface area contributed by atoms with Gasteiger partial charge in [0.25, 0.3) is 0 Å². The lowest BCUT2D eigenvalue weighted by atomic mass is 10.2. The van der Waals surface area contributed by atoms with Crippen molar-refractivity contribution in [3.05, 3.63) is 10.2 Å². The lowest BCUT2D eigenvalue weighted by Gasteiger charge is -2.12. The Labute approximate surface area is 86.3 Å². The van der Waals surface area contributed by atoms with Gasteiger partial charge in [0.2, 0.25) is 0 Å². The van der Waals surface area contributed by atoms with E-state index in [9.17, 15) is 0 Å². The van der Waals surface area contributed by atoms with Gasteiger partial charge < -0.3 is 5.11 Å². The summed E-state index contributed by atoms with van der Waals surface area (Å²) in [4.78, 5) is 0. The lowest BCUT2D eigenvalue weighted by Crippen LogP contribution is -2.32. The van der Waals surface area contributed by atoms with Crippen LogP contribution in [-0.2, 0) is 12.4 Å². The Kier molecular flexibility index (Phi) is 3.29. The van der Waals surface area contributed by atoms with Crippen LogP contribution in [0.25, 0.3) is 0 Å². The Hall–Kier alpha value is 0.1000. The topological polar surface area (TPSA) is 26.5 Å². The molecule has 1 rings (SSSR count). The van der Waals surface area contributed by atoms with E-state index in [-0.39, 0.29) is 12.6 Å². The minimum absolute atomic E-state index is 0.0680. The fraction of sp³-hybridized carbons (Fsp3) is 0.667. The van der Waals surface area contributed by atoms with Gasteiger partial charge >= 0.3 is 17.6 Å². The molecule has 0 aromatic carbocycles. The van der Waals surface area contributed by atoms with Gasteiger partial charge in [-0.15, -0.1) is 0 Å². The second-order valence-corrected chi connectivity index (χ2v) is 3.62. The van der Waals surface area contributed by atoms with Gasteiger partial charge in [-0.1, -0.05) is 11.6 Å². The summed E-state index contributed by atoms with van der Waals surface area (Å²) in [5, 5.41) is 11.3. The van der Waals surface area contributed by atoms with Crippen molar-refractivity contribution in [1.29, 1.82) is 0 Å². The van der Waals surface area contributed by atoms with Gasteiger partial charge in [0.15, 0.2) is 0 Å². The quantitative estimate of drug-likeness (QED) is 0.564. The molecule has 0 fully saturated rings. The zero-order valence-corrected chi connectivity index (χ0v) is 8.83. The van der Waals surface area contributed by atoms with Gasteiger partial charge in [0, 0.05) is 17.1 Å². The zero-order chi connectivity index (χ0) is 9.30. The monoisotopic (exact) mass is 227 g/mol. The van der Waals surface area contributed by atoms with Crippen molar-refractivity contribution >= 4 is 35.6 Å². The molecule has 1 aliphatic rings. The highest BCUT2D eigenvalue weighted by molar-refractivity contribution is 7.44. The maximum Gasteiger partial charge on any atom is 0.336 e. The van der Waals surface area contributed by atoms with E-state index in [1.54, 1.807) is 12.1 Å². The molecule has 0 aliphatic carbocycles. The molecule has 1 N–H and O–H groups in total. The second-order valence-electron chi connectivity index (χ2n) is 2.51. The summed E-state index contributed by atoms with van der Waals surface area (Å²) in [5.41, 5.74) is 0. The van der Waals surface area contributed by atoms with E-state index < -0.39 is 0 Å². The molecule has 0 saturated heterocycles. The summed E-state index contributed by atoms with van der Waals surface area (Å²) in [5.74, 6) is 0. The summed E-state index contributed by atoms with van der Waals surface area (Å²) >= 11 is 16.6. The Balaban J connectivity index is 2.84. The van der Waals surface area contributed by atoms with Crippen LogP contribution < -0.4 is 0 Å². The van der Waals surface area contributed by atoms with Gasteiger partial charge in [-0.3, -0.25) is 0 Å². The van der Waals surface area contributed by atoms with Crippen LogP contribution in [0.1, 0.15) is 6.42 Å². The average Bonchev–Trinajstić information content (AvgIpc) is 2.23. The molecule has 0 bridgehead atoms. The zero-order valence-electron chi connectivity index (χ0n) is 6.50. The largest absolute Gasteiger partial charge is 0.396 e. The van der Waals surface area contributed by atoms with Gasteiger partial charge in [-0.05, 0) is 11.6 Å². The van der Waals surface area contributed by atoms with Gasteiger partial charge in [-0.2, -0.15) is 5.01 Å². The van der Waals surface area contributed by atoms with Crippen molar-refractivity contribution in [3.8, 4) is 0 Å². The number of aliphatic hydroxyl groups excluding tert-OH is 1. The van der Waals surface area contributed by atoms with Crippen LogP contribution in [0.4, 0.5) is 0 Å². The summed E-state index contributed by atoms with van der Waals surface area (Å²) in [7, 11) is 1.78. The van der Waals surface area contributed by atoms with Crippen LogP contribution in [0.5, 0.6) is 0 Å². The van der Waals surface area contributed by atoms with Gasteiger partial charge in [0.05, 0.1) is 7.05 Å². The van der Waals surface area contributed by atoms with Crippen molar-refractivity contribution in [2.75, 3.05) is 13.7 Å². The minimum atomic E-state index is -0.0818. The van der Waals surface area contributed by atoms with Gasteiger partial charge in [-0.25, -0.2) is 0 Å². The molecule has 1 unspecified atom stereocenters. The van der Waals surface area contributed by atoms with E-state index in [2.05, 4.69) is 0 Å². The highest BCUT2D eigenvalue weighted by Gasteiger charge is 2.40. The first-order valence-electron chi connectivity index (χ1n) is 3.45. The average molecular weight is 228 g/mol. The molecular weight excluding hydrogens is 219 g/mol. The number of rotatable bonds is 2.